The number of hydrogen-bond donors (Lipinski definition) is 1. The number of methoxy groups -OCH3 is 2. The number of hydrogen-bond acceptors (Lipinski definition) is 5. The standard InChI is InChI=1S/C14H20N2O.C2H6O.CH5O2P/c1-15(2)9-8-12-10-16(11-17-3)14-7-5-4-6-13(12)14;1-3-2;1-3-4-2/h4-7,10H,8-9,11H2,1-3H3;1-2H3;2,4H,1H3. The largest absolute Gasteiger partial charge is 0.388 e. The molecule has 7 heteroatoms. The van der Waals surface area contributed by atoms with Crippen molar-refractivity contribution in [1.82, 2.24) is 9.47 Å². The molecule has 138 valence electrons. The minimum absolute atomic E-state index is 0.360. The van der Waals surface area contributed by atoms with E-state index in [-0.39, 0.29) is 9.03 Å². The average molecular weight is 358 g/mol. The van der Waals surface area contributed by atoms with Crippen LogP contribution in [0.2, 0.25) is 0 Å². The molecule has 0 fully saturated rings. The summed E-state index contributed by atoms with van der Waals surface area (Å²) < 4.78 is 15.8. The second-order valence-corrected chi connectivity index (χ2v) is 5.91. The topological polar surface area (TPSA) is 56.1 Å². The van der Waals surface area contributed by atoms with Gasteiger partial charge >= 0.3 is 0 Å². The molecule has 0 spiro atoms. The lowest BCUT2D eigenvalue weighted by Crippen LogP contribution is -2.14. The van der Waals surface area contributed by atoms with E-state index in [0.717, 1.165) is 13.0 Å². The molecule has 0 aliphatic carbocycles. The fourth-order valence-corrected chi connectivity index (χ4v) is 2.11. The highest BCUT2D eigenvalue weighted by Gasteiger charge is 2.07. The SMILES string of the molecule is COC.COCn1cc(CCN(C)C)c2ccccc21.COPO. The maximum Gasteiger partial charge on any atom is 0.151 e. The van der Waals surface area contributed by atoms with E-state index in [1.165, 1.54) is 23.6 Å². The molecule has 0 saturated carbocycles. The summed E-state index contributed by atoms with van der Waals surface area (Å²) in [4.78, 5) is 9.89. The molecule has 0 bridgehead atoms. The van der Waals surface area contributed by atoms with Crippen molar-refractivity contribution in [2.24, 2.45) is 0 Å². The van der Waals surface area contributed by atoms with Gasteiger partial charge < -0.3 is 28.4 Å². The van der Waals surface area contributed by atoms with Crippen LogP contribution in [0.1, 0.15) is 5.56 Å². The van der Waals surface area contributed by atoms with Crippen molar-refractivity contribution in [2.45, 2.75) is 13.2 Å². The zero-order valence-corrected chi connectivity index (χ0v) is 16.6. The number of para-hydroxylation sites is 1. The van der Waals surface area contributed by atoms with Crippen LogP contribution in [0.3, 0.4) is 0 Å². The van der Waals surface area contributed by atoms with Crippen LogP contribution in [0.15, 0.2) is 30.5 Å². The third-order valence-electron chi connectivity index (χ3n) is 3.06. The van der Waals surface area contributed by atoms with Crippen molar-refractivity contribution < 1.29 is 18.9 Å². The summed E-state index contributed by atoms with van der Waals surface area (Å²) in [6.45, 7) is 1.68. The summed E-state index contributed by atoms with van der Waals surface area (Å²) in [5.74, 6) is 0. The zero-order chi connectivity index (χ0) is 18.4. The fraction of sp³-hybridized carbons (Fsp3) is 0.529. The molecule has 24 heavy (non-hydrogen) atoms. The van der Waals surface area contributed by atoms with Crippen LogP contribution in [-0.4, -0.2) is 63.4 Å². The Balaban J connectivity index is 0.000000648. The van der Waals surface area contributed by atoms with Crippen LogP contribution in [0.25, 0.3) is 10.9 Å². The van der Waals surface area contributed by atoms with E-state index >= 15 is 0 Å². The maximum absolute atomic E-state index is 7.68. The molecule has 1 N–H and O–H groups in total. The molecule has 1 atom stereocenters. The number of likely N-dealkylation sites (N-methyl/N-ethyl adjacent to an activating group) is 1. The van der Waals surface area contributed by atoms with Gasteiger partial charge in [-0.25, -0.2) is 0 Å². The molecule has 6 nitrogen and oxygen atoms in total. The van der Waals surface area contributed by atoms with Crippen LogP contribution in [0.5, 0.6) is 0 Å². The first-order chi connectivity index (χ1) is 11.5. The predicted octanol–water partition coefficient (Wildman–Crippen LogP) is 2.75. The highest BCUT2D eigenvalue weighted by molar-refractivity contribution is 7.24. The van der Waals surface area contributed by atoms with Crippen LogP contribution in [-0.2, 0) is 27.1 Å². The van der Waals surface area contributed by atoms with Crippen molar-refractivity contribution in [3.63, 3.8) is 0 Å². The molecule has 0 aliphatic heterocycles. The summed E-state index contributed by atoms with van der Waals surface area (Å²) in [7, 11) is 10.3. The Bertz CT molecular complexity index is 544. The van der Waals surface area contributed by atoms with Gasteiger partial charge in [0, 0.05) is 46.6 Å². The van der Waals surface area contributed by atoms with Gasteiger partial charge in [0.2, 0.25) is 0 Å². The number of rotatable bonds is 6. The van der Waals surface area contributed by atoms with Gasteiger partial charge in [-0.15, -0.1) is 0 Å². The summed E-state index contributed by atoms with van der Waals surface area (Å²) in [6, 6.07) is 8.50. The molecule has 1 unspecified atom stereocenters. The maximum atomic E-state index is 7.68. The van der Waals surface area contributed by atoms with Crippen LogP contribution < -0.4 is 0 Å². The Labute approximate surface area is 147 Å². The monoisotopic (exact) mass is 358 g/mol. The summed E-state index contributed by atoms with van der Waals surface area (Å²) in [5.41, 5.74) is 2.65. The zero-order valence-electron chi connectivity index (χ0n) is 15.6. The second-order valence-electron chi connectivity index (χ2n) is 5.32. The highest BCUT2D eigenvalue weighted by Crippen LogP contribution is 2.21. The number of fused-ring (bicyclic) bond motifs is 1. The smallest absolute Gasteiger partial charge is 0.151 e. The van der Waals surface area contributed by atoms with Gasteiger partial charge in [0.25, 0.3) is 0 Å². The van der Waals surface area contributed by atoms with Crippen molar-refractivity contribution in [3.05, 3.63) is 36.0 Å². The van der Waals surface area contributed by atoms with Gasteiger partial charge in [-0.2, -0.15) is 0 Å². The first kappa shape index (κ1) is 23.0. The van der Waals surface area contributed by atoms with Crippen molar-refractivity contribution in [2.75, 3.05) is 49.1 Å². The number of aromatic nitrogens is 1. The van der Waals surface area contributed by atoms with Gasteiger partial charge in [0.15, 0.2) is 9.03 Å². The normalized spacial score (nSPS) is 10.7. The molecule has 2 aromatic rings. The molecule has 0 saturated heterocycles. The van der Waals surface area contributed by atoms with Gasteiger partial charge in [0.1, 0.15) is 6.73 Å². The predicted molar refractivity (Wildman–Crippen MR) is 102 cm³/mol. The van der Waals surface area contributed by atoms with E-state index in [0.29, 0.717) is 6.73 Å². The molecule has 0 radical (unpaired) electrons. The lowest BCUT2D eigenvalue weighted by molar-refractivity contribution is 0.134. The minimum Gasteiger partial charge on any atom is -0.388 e. The van der Waals surface area contributed by atoms with E-state index in [9.17, 15) is 0 Å². The van der Waals surface area contributed by atoms with E-state index in [1.54, 1.807) is 21.3 Å². The van der Waals surface area contributed by atoms with Crippen molar-refractivity contribution >= 4 is 19.9 Å². The van der Waals surface area contributed by atoms with Crippen molar-refractivity contribution in [1.29, 1.82) is 0 Å². The van der Waals surface area contributed by atoms with Crippen LogP contribution >= 0.6 is 9.03 Å². The summed E-state index contributed by atoms with van der Waals surface area (Å²) in [5, 5.41) is 1.34. The Hall–Kier alpha value is -1.01. The number of ether oxygens (including phenoxy) is 2. The molecule has 0 amide bonds. The summed E-state index contributed by atoms with van der Waals surface area (Å²) >= 11 is 0. The second kappa shape index (κ2) is 14.3. The molecular weight excluding hydrogens is 327 g/mol. The Morgan fingerprint density at radius 3 is 2.21 bits per heavy atom. The Morgan fingerprint density at radius 1 is 1.12 bits per heavy atom. The Kier molecular flexibility index (Phi) is 13.7. The summed E-state index contributed by atoms with van der Waals surface area (Å²) in [6.07, 6.45) is 3.28. The Morgan fingerprint density at radius 2 is 1.71 bits per heavy atom. The van der Waals surface area contributed by atoms with Gasteiger partial charge in [-0.3, -0.25) is 0 Å². The third-order valence-corrected chi connectivity index (χ3v) is 3.24. The molecule has 0 aliphatic rings. The minimum atomic E-state index is -0.360. The molecular formula is C17H31N2O4P. The molecule has 1 aromatic carbocycles. The quantitative estimate of drug-likeness (QED) is 0.805. The lowest BCUT2D eigenvalue weighted by Gasteiger charge is -2.07. The van der Waals surface area contributed by atoms with E-state index < -0.39 is 0 Å². The van der Waals surface area contributed by atoms with E-state index in [2.05, 4.69) is 63.3 Å². The lowest BCUT2D eigenvalue weighted by atomic mass is 10.1. The van der Waals surface area contributed by atoms with Crippen molar-refractivity contribution in [3.8, 4) is 0 Å². The first-order valence-electron chi connectivity index (χ1n) is 7.58. The number of nitrogens with zero attached hydrogens (tertiary/aromatic N) is 2. The average Bonchev–Trinajstić information content (AvgIpc) is 2.92. The number of benzene rings is 1. The van der Waals surface area contributed by atoms with Gasteiger partial charge in [0.05, 0.1) is 5.52 Å². The third kappa shape index (κ3) is 8.73. The molecule has 1 heterocycles. The van der Waals surface area contributed by atoms with E-state index in [4.69, 9.17) is 9.63 Å². The van der Waals surface area contributed by atoms with Gasteiger partial charge in [-0.05, 0) is 32.1 Å². The first-order valence-corrected chi connectivity index (χ1v) is 8.43. The fourth-order valence-electron chi connectivity index (χ4n) is 2.11. The van der Waals surface area contributed by atoms with E-state index in [1.807, 2.05) is 0 Å². The van der Waals surface area contributed by atoms with Crippen LogP contribution in [0.4, 0.5) is 0 Å². The highest BCUT2D eigenvalue weighted by atomic mass is 31.1. The van der Waals surface area contributed by atoms with Gasteiger partial charge in [-0.1, -0.05) is 18.2 Å². The molecule has 2 rings (SSSR count). The van der Waals surface area contributed by atoms with Crippen LogP contribution in [0, 0.1) is 0 Å². The molecule has 1 aromatic heterocycles.